The SMILES string of the molecule is N#CCS(=O)(=O)N1CCCC2(CCCNC2)C1. The maximum absolute atomic E-state index is 11.9. The molecule has 2 fully saturated rings. The molecule has 0 aromatic carbocycles. The number of hydrogen-bond donors (Lipinski definition) is 1. The zero-order valence-electron chi connectivity index (χ0n) is 9.98. The van der Waals surface area contributed by atoms with Crippen molar-refractivity contribution < 1.29 is 8.42 Å². The Morgan fingerprint density at radius 3 is 2.76 bits per heavy atom. The van der Waals surface area contributed by atoms with Crippen LogP contribution in [0.3, 0.4) is 0 Å². The van der Waals surface area contributed by atoms with E-state index in [1.807, 2.05) is 0 Å². The predicted octanol–water partition coefficient (Wildman–Crippen LogP) is 0.305. The lowest BCUT2D eigenvalue weighted by Crippen LogP contribution is -2.52. The van der Waals surface area contributed by atoms with Gasteiger partial charge >= 0.3 is 0 Å². The van der Waals surface area contributed by atoms with E-state index >= 15 is 0 Å². The fourth-order valence-corrected chi connectivity index (χ4v) is 4.18. The lowest BCUT2D eigenvalue weighted by atomic mass is 9.75. The highest BCUT2D eigenvalue weighted by atomic mass is 32.2. The Morgan fingerprint density at radius 2 is 2.12 bits per heavy atom. The molecule has 5 nitrogen and oxygen atoms in total. The van der Waals surface area contributed by atoms with Crippen molar-refractivity contribution in [1.29, 1.82) is 5.26 Å². The van der Waals surface area contributed by atoms with Crippen molar-refractivity contribution in [1.82, 2.24) is 9.62 Å². The van der Waals surface area contributed by atoms with Crippen LogP contribution in [0.4, 0.5) is 0 Å². The molecule has 2 saturated heterocycles. The minimum atomic E-state index is -3.36. The quantitative estimate of drug-likeness (QED) is 0.772. The molecule has 0 aromatic heterocycles. The van der Waals surface area contributed by atoms with Crippen molar-refractivity contribution in [3.05, 3.63) is 0 Å². The van der Waals surface area contributed by atoms with Gasteiger partial charge in [-0.1, -0.05) is 0 Å². The number of piperidine rings is 2. The van der Waals surface area contributed by atoms with Gasteiger partial charge in [0.25, 0.3) is 0 Å². The first kappa shape index (κ1) is 12.8. The second kappa shape index (κ2) is 4.92. The Balaban J connectivity index is 2.09. The first-order valence-electron chi connectivity index (χ1n) is 6.14. The normalized spacial score (nSPS) is 31.2. The highest BCUT2D eigenvalue weighted by Crippen LogP contribution is 2.36. The molecule has 2 aliphatic heterocycles. The third-order valence-electron chi connectivity index (χ3n) is 3.83. The van der Waals surface area contributed by atoms with E-state index in [-0.39, 0.29) is 5.41 Å². The number of nitrogens with zero attached hydrogens (tertiary/aromatic N) is 2. The topological polar surface area (TPSA) is 73.2 Å². The second-order valence-corrected chi connectivity index (χ2v) is 7.10. The van der Waals surface area contributed by atoms with Crippen molar-refractivity contribution in [3.8, 4) is 6.07 Å². The summed E-state index contributed by atoms with van der Waals surface area (Å²) >= 11 is 0. The Hall–Kier alpha value is -0.640. The molecule has 2 heterocycles. The summed E-state index contributed by atoms with van der Waals surface area (Å²) in [6.07, 6.45) is 4.22. The summed E-state index contributed by atoms with van der Waals surface area (Å²) in [5.41, 5.74) is 0.110. The maximum atomic E-state index is 11.9. The van der Waals surface area contributed by atoms with Crippen LogP contribution in [0.5, 0.6) is 0 Å². The van der Waals surface area contributed by atoms with Crippen molar-refractivity contribution in [3.63, 3.8) is 0 Å². The third-order valence-corrected chi connectivity index (χ3v) is 5.42. The highest BCUT2D eigenvalue weighted by Gasteiger charge is 2.40. The molecular weight excluding hydrogens is 238 g/mol. The molecular formula is C11H19N3O2S. The lowest BCUT2D eigenvalue weighted by molar-refractivity contribution is 0.110. The van der Waals surface area contributed by atoms with E-state index in [0.29, 0.717) is 13.1 Å². The molecule has 1 atom stereocenters. The Labute approximate surface area is 103 Å². The molecule has 0 bridgehead atoms. The van der Waals surface area contributed by atoms with Gasteiger partial charge in [0.2, 0.25) is 10.0 Å². The molecule has 0 amide bonds. The van der Waals surface area contributed by atoms with Crippen molar-refractivity contribution in [2.45, 2.75) is 25.7 Å². The van der Waals surface area contributed by atoms with Crippen LogP contribution in [-0.2, 0) is 10.0 Å². The number of sulfonamides is 1. The van der Waals surface area contributed by atoms with E-state index in [1.165, 1.54) is 4.31 Å². The minimum Gasteiger partial charge on any atom is -0.316 e. The molecule has 2 aliphatic rings. The molecule has 96 valence electrons. The van der Waals surface area contributed by atoms with E-state index in [9.17, 15) is 8.42 Å². The molecule has 1 N–H and O–H groups in total. The van der Waals surface area contributed by atoms with Crippen LogP contribution in [0.1, 0.15) is 25.7 Å². The van der Waals surface area contributed by atoms with Gasteiger partial charge < -0.3 is 5.32 Å². The van der Waals surface area contributed by atoms with Crippen LogP contribution < -0.4 is 5.32 Å². The zero-order valence-corrected chi connectivity index (χ0v) is 10.8. The highest BCUT2D eigenvalue weighted by molar-refractivity contribution is 7.89. The van der Waals surface area contributed by atoms with Gasteiger partial charge in [0.15, 0.2) is 5.75 Å². The van der Waals surface area contributed by atoms with Gasteiger partial charge in [0, 0.05) is 19.6 Å². The van der Waals surface area contributed by atoms with Gasteiger partial charge in [-0.25, -0.2) is 12.7 Å². The van der Waals surface area contributed by atoms with Crippen molar-refractivity contribution >= 4 is 10.0 Å². The maximum Gasteiger partial charge on any atom is 0.227 e. The summed E-state index contributed by atoms with van der Waals surface area (Å²) in [7, 11) is -3.36. The molecule has 0 saturated carbocycles. The van der Waals surface area contributed by atoms with Crippen LogP contribution in [0.15, 0.2) is 0 Å². The molecule has 1 unspecified atom stereocenters. The van der Waals surface area contributed by atoms with Crippen LogP contribution in [0.25, 0.3) is 0 Å². The first-order chi connectivity index (χ1) is 8.08. The van der Waals surface area contributed by atoms with Crippen LogP contribution in [-0.4, -0.2) is 44.7 Å². The Kier molecular flexibility index (Phi) is 3.71. The third kappa shape index (κ3) is 2.79. The molecule has 2 rings (SSSR count). The molecule has 6 heteroatoms. The van der Waals surface area contributed by atoms with E-state index in [4.69, 9.17) is 5.26 Å². The van der Waals surface area contributed by atoms with Gasteiger partial charge in [-0.3, -0.25) is 0 Å². The fraction of sp³-hybridized carbons (Fsp3) is 0.909. The number of rotatable bonds is 2. The Morgan fingerprint density at radius 1 is 1.35 bits per heavy atom. The molecule has 0 radical (unpaired) electrons. The van der Waals surface area contributed by atoms with Crippen LogP contribution in [0.2, 0.25) is 0 Å². The summed E-state index contributed by atoms with van der Waals surface area (Å²) in [6, 6.07) is 1.75. The molecule has 17 heavy (non-hydrogen) atoms. The van der Waals surface area contributed by atoms with Crippen molar-refractivity contribution in [2.75, 3.05) is 31.9 Å². The summed E-state index contributed by atoms with van der Waals surface area (Å²) < 4.78 is 25.3. The minimum absolute atomic E-state index is 0.110. The fourth-order valence-electron chi connectivity index (χ4n) is 2.95. The van der Waals surface area contributed by atoms with Crippen LogP contribution in [0, 0.1) is 16.7 Å². The molecule has 0 aromatic rings. The van der Waals surface area contributed by atoms with E-state index in [1.54, 1.807) is 6.07 Å². The Bertz CT molecular complexity index is 401. The lowest BCUT2D eigenvalue weighted by Gasteiger charge is -2.44. The van der Waals surface area contributed by atoms with Crippen LogP contribution >= 0.6 is 0 Å². The molecule has 0 aliphatic carbocycles. The largest absolute Gasteiger partial charge is 0.316 e. The summed E-state index contributed by atoms with van der Waals surface area (Å²) in [5, 5.41) is 11.9. The van der Waals surface area contributed by atoms with E-state index in [0.717, 1.165) is 38.8 Å². The molecule has 1 spiro atoms. The summed E-state index contributed by atoms with van der Waals surface area (Å²) in [5.74, 6) is -0.392. The summed E-state index contributed by atoms with van der Waals surface area (Å²) in [4.78, 5) is 0. The average Bonchev–Trinajstić information content (AvgIpc) is 2.30. The van der Waals surface area contributed by atoms with E-state index in [2.05, 4.69) is 5.32 Å². The number of nitriles is 1. The van der Waals surface area contributed by atoms with Gasteiger partial charge in [0.05, 0.1) is 6.07 Å². The number of hydrogen-bond acceptors (Lipinski definition) is 4. The first-order valence-corrected chi connectivity index (χ1v) is 7.74. The predicted molar refractivity (Wildman–Crippen MR) is 64.7 cm³/mol. The second-order valence-electron chi connectivity index (χ2n) is 5.13. The van der Waals surface area contributed by atoms with Gasteiger partial charge in [0.1, 0.15) is 0 Å². The van der Waals surface area contributed by atoms with Gasteiger partial charge in [-0.05, 0) is 37.6 Å². The number of nitrogens with one attached hydrogen (secondary N) is 1. The van der Waals surface area contributed by atoms with Gasteiger partial charge in [-0.2, -0.15) is 5.26 Å². The van der Waals surface area contributed by atoms with E-state index < -0.39 is 15.8 Å². The van der Waals surface area contributed by atoms with Crippen molar-refractivity contribution in [2.24, 2.45) is 5.41 Å². The van der Waals surface area contributed by atoms with Gasteiger partial charge in [-0.15, -0.1) is 0 Å². The zero-order chi connectivity index (χ0) is 12.4. The summed E-state index contributed by atoms with van der Waals surface area (Å²) in [6.45, 7) is 3.11. The average molecular weight is 257 g/mol. The monoisotopic (exact) mass is 257 g/mol. The smallest absolute Gasteiger partial charge is 0.227 e. The standard InChI is InChI=1S/C11H19N3O2S/c12-5-8-17(15,16)14-7-2-4-11(10-14)3-1-6-13-9-11/h13H,1-4,6-10H2.